The predicted molar refractivity (Wildman–Crippen MR) is 83.5 cm³/mol. The number of aromatic amines is 1. The van der Waals surface area contributed by atoms with Crippen molar-refractivity contribution < 1.29 is 0 Å². The molecule has 1 aliphatic carbocycles. The molecule has 0 amide bonds. The molecule has 1 aliphatic rings. The molecule has 4 nitrogen and oxygen atoms in total. The molecule has 0 radical (unpaired) electrons. The minimum Gasteiger partial charge on any atom is -0.299 e. The minimum atomic E-state index is 0.515. The molecule has 21 heavy (non-hydrogen) atoms. The van der Waals surface area contributed by atoms with Crippen LogP contribution in [-0.4, -0.2) is 19.7 Å². The Labute approximate surface area is 127 Å². The maximum Gasteiger partial charge on any atom is 0.195 e. The molecule has 1 atom stereocenters. The summed E-state index contributed by atoms with van der Waals surface area (Å²) in [5.74, 6) is 1.37. The fourth-order valence-corrected chi connectivity index (χ4v) is 3.16. The molecule has 2 heterocycles. The van der Waals surface area contributed by atoms with Crippen LogP contribution in [0, 0.1) is 4.77 Å². The molecule has 0 fully saturated rings. The molecule has 0 saturated heterocycles. The number of nitrogens with zero attached hydrogens (tertiary/aromatic N) is 3. The molecule has 1 aromatic carbocycles. The zero-order valence-electron chi connectivity index (χ0n) is 11.4. The Morgan fingerprint density at radius 2 is 2.14 bits per heavy atom. The van der Waals surface area contributed by atoms with Crippen LogP contribution in [0.2, 0.25) is 0 Å². The monoisotopic (exact) mass is 294 g/mol. The SMILES string of the molecule is S=c1[nH]nc(-c2cccnc2)n1CC1Cc2ccccc21. The van der Waals surface area contributed by atoms with Gasteiger partial charge in [0.25, 0.3) is 0 Å². The van der Waals surface area contributed by atoms with Gasteiger partial charge in [0.1, 0.15) is 0 Å². The van der Waals surface area contributed by atoms with Gasteiger partial charge in [-0.2, -0.15) is 5.10 Å². The van der Waals surface area contributed by atoms with Crippen LogP contribution in [0.25, 0.3) is 11.4 Å². The zero-order chi connectivity index (χ0) is 14.2. The second kappa shape index (κ2) is 4.93. The van der Waals surface area contributed by atoms with Crippen LogP contribution in [0.4, 0.5) is 0 Å². The molecular weight excluding hydrogens is 280 g/mol. The average Bonchev–Trinajstić information content (AvgIpc) is 2.87. The van der Waals surface area contributed by atoms with Crippen LogP contribution in [0.3, 0.4) is 0 Å². The van der Waals surface area contributed by atoms with Crippen molar-refractivity contribution in [1.82, 2.24) is 19.7 Å². The molecular formula is C16H14N4S. The summed E-state index contributed by atoms with van der Waals surface area (Å²) in [5.41, 5.74) is 3.86. The van der Waals surface area contributed by atoms with E-state index in [4.69, 9.17) is 12.2 Å². The maximum atomic E-state index is 5.39. The van der Waals surface area contributed by atoms with Crippen LogP contribution in [0.15, 0.2) is 48.8 Å². The van der Waals surface area contributed by atoms with Crippen molar-refractivity contribution in [2.45, 2.75) is 18.9 Å². The summed E-state index contributed by atoms with van der Waals surface area (Å²) in [6.07, 6.45) is 4.68. The Morgan fingerprint density at radius 3 is 2.95 bits per heavy atom. The number of hydrogen-bond acceptors (Lipinski definition) is 3. The number of rotatable bonds is 3. The first-order valence-corrected chi connectivity index (χ1v) is 7.37. The van der Waals surface area contributed by atoms with Crippen LogP contribution in [-0.2, 0) is 13.0 Å². The summed E-state index contributed by atoms with van der Waals surface area (Å²) in [4.78, 5) is 4.16. The summed E-state index contributed by atoms with van der Waals surface area (Å²) in [5, 5.41) is 7.26. The van der Waals surface area contributed by atoms with E-state index in [0.29, 0.717) is 10.7 Å². The Balaban J connectivity index is 1.68. The van der Waals surface area contributed by atoms with Gasteiger partial charge < -0.3 is 0 Å². The van der Waals surface area contributed by atoms with Gasteiger partial charge in [0.2, 0.25) is 0 Å². The molecule has 0 aliphatic heterocycles. The number of aromatic nitrogens is 4. The molecule has 0 saturated carbocycles. The average molecular weight is 294 g/mol. The fourth-order valence-electron chi connectivity index (χ4n) is 2.95. The minimum absolute atomic E-state index is 0.515. The van der Waals surface area contributed by atoms with Crippen LogP contribution >= 0.6 is 12.2 Å². The number of fused-ring (bicyclic) bond motifs is 1. The van der Waals surface area contributed by atoms with E-state index in [-0.39, 0.29) is 0 Å². The van der Waals surface area contributed by atoms with Crippen molar-refractivity contribution in [1.29, 1.82) is 0 Å². The van der Waals surface area contributed by atoms with Gasteiger partial charge in [0, 0.05) is 30.4 Å². The Hall–Kier alpha value is -2.27. The number of hydrogen-bond donors (Lipinski definition) is 1. The smallest absolute Gasteiger partial charge is 0.195 e. The standard InChI is InChI=1S/C16H14N4S/c21-16-19-18-15(12-5-3-7-17-9-12)20(16)10-13-8-11-4-1-2-6-14(11)13/h1-7,9,13H,8,10H2,(H,19,21). The molecule has 1 N–H and O–H groups in total. The maximum absolute atomic E-state index is 5.39. The van der Waals surface area contributed by atoms with E-state index in [9.17, 15) is 0 Å². The van der Waals surface area contributed by atoms with Gasteiger partial charge >= 0.3 is 0 Å². The molecule has 5 heteroatoms. The number of nitrogens with one attached hydrogen (secondary N) is 1. The van der Waals surface area contributed by atoms with Crippen LogP contribution < -0.4 is 0 Å². The second-order valence-electron chi connectivity index (χ2n) is 5.30. The number of benzene rings is 1. The molecule has 4 rings (SSSR count). The van der Waals surface area contributed by atoms with Crippen molar-refractivity contribution in [3.05, 3.63) is 64.7 Å². The van der Waals surface area contributed by atoms with Gasteiger partial charge in [-0.15, -0.1) is 0 Å². The van der Waals surface area contributed by atoms with Crippen molar-refractivity contribution in [3.8, 4) is 11.4 Å². The largest absolute Gasteiger partial charge is 0.299 e. The third-order valence-corrected chi connectivity index (χ3v) is 4.35. The Kier molecular flexibility index (Phi) is 2.93. The lowest BCUT2D eigenvalue weighted by atomic mass is 9.77. The normalized spacial score (nSPS) is 16.3. The molecule has 104 valence electrons. The molecule has 0 spiro atoms. The molecule has 1 unspecified atom stereocenters. The van der Waals surface area contributed by atoms with Crippen LogP contribution in [0.1, 0.15) is 17.0 Å². The lowest BCUT2D eigenvalue weighted by Gasteiger charge is -2.30. The van der Waals surface area contributed by atoms with E-state index in [1.165, 1.54) is 11.1 Å². The van der Waals surface area contributed by atoms with Gasteiger partial charge in [-0.3, -0.25) is 14.6 Å². The summed E-state index contributed by atoms with van der Waals surface area (Å²) < 4.78 is 2.74. The van der Waals surface area contributed by atoms with Crippen molar-refractivity contribution in [2.24, 2.45) is 0 Å². The highest BCUT2D eigenvalue weighted by molar-refractivity contribution is 7.71. The van der Waals surface area contributed by atoms with E-state index in [1.54, 1.807) is 6.20 Å². The first-order valence-electron chi connectivity index (χ1n) is 6.96. The summed E-state index contributed by atoms with van der Waals surface area (Å²) >= 11 is 5.39. The van der Waals surface area contributed by atoms with Gasteiger partial charge in [-0.25, -0.2) is 0 Å². The number of pyridine rings is 1. The first kappa shape index (κ1) is 12.5. The van der Waals surface area contributed by atoms with Gasteiger partial charge in [0.05, 0.1) is 0 Å². The van der Waals surface area contributed by atoms with Crippen molar-refractivity contribution in [3.63, 3.8) is 0 Å². The van der Waals surface area contributed by atoms with E-state index in [2.05, 4.69) is 44.0 Å². The van der Waals surface area contributed by atoms with Gasteiger partial charge in [0.15, 0.2) is 10.6 Å². The third-order valence-electron chi connectivity index (χ3n) is 4.04. The highest BCUT2D eigenvalue weighted by atomic mass is 32.1. The Bertz CT molecular complexity index is 835. The van der Waals surface area contributed by atoms with E-state index in [1.807, 2.05) is 18.3 Å². The van der Waals surface area contributed by atoms with Crippen molar-refractivity contribution >= 4 is 12.2 Å². The second-order valence-corrected chi connectivity index (χ2v) is 5.69. The lowest BCUT2D eigenvalue weighted by molar-refractivity contribution is 0.507. The molecule has 3 aromatic rings. The van der Waals surface area contributed by atoms with Crippen LogP contribution in [0.5, 0.6) is 0 Å². The third kappa shape index (κ3) is 2.10. The highest BCUT2D eigenvalue weighted by Crippen LogP contribution is 2.36. The van der Waals surface area contributed by atoms with Crippen molar-refractivity contribution in [2.75, 3.05) is 0 Å². The molecule has 0 bridgehead atoms. The highest BCUT2D eigenvalue weighted by Gasteiger charge is 2.26. The van der Waals surface area contributed by atoms with E-state index >= 15 is 0 Å². The predicted octanol–water partition coefficient (Wildman–Crippen LogP) is 3.34. The summed E-state index contributed by atoms with van der Waals surface area (Å²) in [6.45, 7) is 0.858. The Morgan fingerprint density at radius 1 is 1.24 bits per heavy atom. The van der Waals surface area contributed by atoms with Gasteiger partial charge in [-0.1, -0.05) is 24.3 Å². The summed E-state index contributed by atoms with van der Waals surface area (Å²) in [6, 6.07) is 12.5. The topological polar surface area (TPSA) is 46.5 Å². The fraction of sp³-hybridized carbons (Fsp3) is 0.188. The number of H-pyrrole nitrogens is 1. The first-order chi connectivity index (χ1) is 10.3. The molecule has 2 aromatic heterocycles. The zero-order valence-corrected chi connectivity index (χ0v) is 12.2. The summed E-state index contributed by atoms with van der Waals surface area (Å²) in [7, 11) is 0. The van der Waals surface area contributed by atoms with Gasteiger partial charge in [-0.05, 0) is 41.9 Å². The van der Waals surface area contributed by atoms with E-state index in [0.717, 1.165) is 24.4 Å². The lowest BCUT2D eigenvalue weighted by Crippen LogP contribution is -2.22. The van der Waals surface area contributed by atoms with E-state index < -0.39 is 0 Å². The quantitative estimate of drug-likeness (QED) is 0.754.